The fourth-order valence-electron chi connectivity index (χ4n) is 2.21. The molecule has 0 saturated carbocycles. The molecule has 0 aliphatic rings. The lowest BCUT2D eigenvalue weighted by molar-refractivity contribution is -0.120. The highest BCUT2D eigenvalue weighted by Gasteiger charge is 2.07. The van der Waals surface area contributed by atoms with Crippen LogP contribution in [0.15, 0.2) is 42.5 Å². The monoisotopic (exact) mass is 342 g/mol. The minimum atomic E-state index is -0.290. The van der Waals surface area contributed by atoms with Gasteiger partial charge in [-0.2, -0.15) is 5.26 Å². The van der Waals surface area contributed by atoms with Crippen molar-refractivity contribution in [1.82, 2.24) is 5.32 Å². The number of rotatable bonds is 8. The molecule has 2 aromatic carbocycles. The number of benzene rings is 2. The molecule has 130 valence electrons. The first-order valence-electron chi connectivity index (χ1n) is 7.80. The number of hydrogen-bond donors (Lipinski definition) is 1. The average molecular weight is 342 g/mol. The maximum absolute atomic E-state index is 12.9. The topological polar surface area (TPSA) is 71.3 Å². The van der Waals surface area contributed by atoms with Gasteiger partial charge < -0.3 is 14.8 Å². The molecule has 0 spiro atoms. The van der Waals surface area contributed by atoms with E-state index in [1.54, 1.807) is 31.4 Å². The van der Waals surface area contributed by atoms with Crippen LogP contribution in [0.3, 0.4) is 0 Å². The summed E-state index contributed by atoms with van der Waals surface area (Å²) in [7, 11) is 1.56. The summed E-state index contributed by atoms with van der Waals surface area (Å²) in [6, 6.07) is 13.4. The van der Waals surface area contributed by atoms with E-state index in [4.69, 9.17) is 14.7 Å². The summed E-state index contributed by atoms with van der Waals surface area (Å²) in [6.07, 6.45) is 0.461. The maximum Gasteiger partial charge on any atom is 0.234 e. The molecule has 6 heteroatoms. The number of methoxy groups -OCH3 is 1. The van der Waals surface area contributed by atoms with Crippen LogP contribution in [0.2, 0.25) is 0 Å². The summed E-state index contributed by atoms with van der Waals surface area (Å²) < 4.78 is 24.0. The Hall–Kier alpha value is -3.07. The van der Waals surface area contributed by atoms with Crippen LogP contribution < -0.4 is 14.8 Å². The van der Waals surface area contributed by atoms with Crippen molar-refractivity contribution in [3.63, 3.8) is 0 Å². The third kappa shape index (κ3) is 5.81. The summed E-state index contributed by atoms with van der Waals surface area (Å²) in [6.45, 7) is 0.725. The van der Waals surface area contributed by atoms with Crippen molar-refractivity contribution in [2.45, 2.75) is 19.4 Å². The Balaban J connectivity index is 1.97. The average Bonchev–Trinajstić information content (AvgIpc) is 2.61. The van der Waals surface area contributed by atoms with E-state index in [0.717, 1.165) is 11.1 Å². The molecule has 0 bridgehead atoms. The van der Waals surface area contributed by atoms with Crippen LogP contribution in [0.1, 0.15) is 17.5 Å². The molecule has 0 aliphatic carbocycles. The molecule has 25 heavy (non-hydrogen) atoms. The standard InChI is InChI=1S/C19H19FN2O3/c1-24-17-7-4-14(9-11-22-19(23)8-10-21)12-18(17)25-13-15-2-5-16(20)6-3-15/h2-7,12H,8-9,11,13H2,1H3,(H,22,23). The van der Waals surface area contributed by atoms with Crippen molar-refractivity contribution in [2.24, 2.45) is 0 Å². The summed E-state index contributed by atoms with van der Waals surface area (Å²) in [5.41, 5.74) is 1.81. The Kier molecular flexibility index (Phi) is 6.78. The molecule has 0 atom stereocenters. The van der Waals surface area contributed by atoms with E-state index in [-0.39, 0.29) is 18.1 Å². The summed E-state index contributed by atoms with van der Waals surface area (Å²) in [5, 5.41) is 11.1. The van der Waals surface area contributed by atoms with Gasteiger partial charge in [-0.15, -0.1) is 0 Å². The van der Waals surface area contributed by atoms with Gasteiger partial charge in [-0.05, 0) is 41.8 Å². The molecule has 0 fully saturated rings. The third-order valence-corrected chi connectivity index (χ3v) is 3.51. The molecule has 1 amide bonds. The van der Waals surface area contributed by atoms with E-state index < -0.39 is 0 Å². The smallest absolute Gasteiger partial charge is 0.234 e. The molecular formula is C19H19FN2O3. The molecule has 5 nitrogen and oxygen atoms in total. The number of carbonyl (C=O) groups is 1. The zero-order valence-corrected chi connectivity index (χ0v) is 13.9. The second-order valence-electron chi connectivity index (χ2n) is 5.34. The van der Waals surface area contributed by atoms with Gasteiger partial charge in [0.05, 0.1) is 13.2 Å². The van der Waals surface area contributed by atoms with Gasteiger partial charge in [0.15, 0.2) is 11.5 Å². The predicted molar refractivity (Wildman–Crippen MR) is 90.7 cm³/mol. The van der Waals surface area contributed by atoms with E-state index in [1.165, 1.54) is 12.1 Å². The van der Waals surface area contributed by atoms with E-state index in [0.29, 0.717) is 31.1 Å². The minimum Gasteiger partial charge on any atom is -0.493 e. The van der Waals surface area contributed by atoms with Gasteiger partial charge in [0, 0.05) is 6.54 Å². The molecular weight excluding hydrogens is 323 g/mol. The normalized spacial score (nSPS) is 9.96. The zero-order valence-electron chi connectivity index (χ0n) is 13.9. The van der Waals surface area contributed by atoms with E-state index in [1.807, 2.05) is 12.1 Å². The van der Waals surface area contributed by atoms with E-state index in [2.05, 4.69) is 5.32 Å². The Labute approximate surface area is 146 Å². The maximum atomic E-state index is 12.9. The highest BCUT2D eigenvalue weighted by molar-refractivity contribution is 5.77. The molecule has 0 unspecified atom stereocenters. The van der Waals surface area contributed by atoms with Gasteiger partial charge in [0.1, 0.15) is 18.8 Å². The fraction of sp³-hybridized carbons (Fsp3) is 0.263. The summed E-state index contributed by atoms with van der Waals surface area (Å²) in [5.74, 6) is 0.595. The minimum absolute atomic E-state index is 0.144. The van der Waals surface area contributed by atoms with Crippen LogP contribution in [-0.2, 0) is 17.8 Å². The van der Waals surface area contributed by atoms with Crippen LogP contribution in [0, 0.1) is 17.1 Å². The lowest BCUT2D eigenvalue weighted by atomic mass is 10.1. The van der Waals surface area contributed by atoms with Crippen molar-refractivity contribution >= 4 is 5.91 Å². The summed E-state index contributed by atoms with van der Waals surface area (Å²) in [4.78, 5) is 11.3. The Bertz CT molecular complexity index is 754. The van der Waals surface area contributed by atoms with Gasteiger partial charge in [-0.1, -0.05) is 18.2 Å². The SMILES string of the molecule is COc1ccc(CCNC(=O)CC#N)cc1OCc1ccc(F)cc1. The van der Waals surface area contributed by atoms with Crippen LogP contribution in [0.25, 0.3) is 0 Å². The zero-order chi connectivity index (χ0) is 18.1. The number of ether oxygens (including phenoxy) is 2. The predicted octanol–water partition coefficient (Wildman–Crippen LogP) is 2.99. The highest BCUT2D eigenvalue weighted by Crippen LogP contribution is 2.29. The Morgan fingerprint density at radius 2 is 1.88 bits per heavy atom. The highest BCUT2D eigenvalue weighted by atomic mass is 19.1. The van der Waals surface area contributed by atoms with Gasteiger partial charge in [0.25, 0.3) is 0 Å². The lowest BCUT2D eigenvalue weighted by Gasteiger charge is -2.13. The molecule has 0 radical (unpaired) electrons. The number of nitriles is 1. The first kappa shape index (κ1) is 18.3. The molecule has 2 aromatic rings. The number of carbonyl (C=O) groups excluding carboxylic acids is 1. The molecule has 0 aliphatic heterocycles. The van der Waals surface area contributed by atoms with Crippen molar-refractivity contribution in [3.8, 4) is 17.6 Å². The van der Waals surface area contributed by atoms with Crippen LogP contribution in [0.5, 0.6) is 11.5 Å². The van der Waals surface area contributed by atoms with Crippen LogP contribution >= 0.6 is 0 Å². The van der Waals surface area contributed by atoms with Crippen molar-refractivity contribution < 1.29 is 18.7 Å². The number of amides is 1. The van der Waals surface area contributed by atoms with Crippen LogP contribution in [-0.4, -0.2) is 19.6 Å². The van der Waals surface area contributed by atoms with Crippen molar-refractivity contribution in [3.05, 3.63) is 59.4 Å². The molecule has 0 saturated heterocycles. The van der Waals surface area contributed by atoms with Gasteiger partial charge in [-0.25, -0.2) is 4.39 Å². The fourth-order valence-corrected chi connectivity index (χ4v) is 2.21. The largest absolute Gasteiger partial charge is 0.493 e. The van der Waals surface area contributed by atoms with Crippen molar-refractivity contribution in [1.29, 1.82) is 5.26 Å². The van der Waals surface area contributed by atoms with E-state index >= 15 is 0 Å². The van der Waals surface area contributed by atoms with Gasteiger partial charge >= 0.3 is 0 Å². The first-order valence-corrected chi connectivity index (χ1v) is 7.80. The van der Waals surface area contributed by atoms with Crippen LogP contribution in [0.4, 0.5) is 4.39 Å². The molecule has 2 rings (SSSR count). The number of hydrogen-bond acceptors (Lipinski definition) is 4. The summed E-state index contributed by atoms with van der Waals surface area (Å²) >= 11 is 0. The third-order valence-electron chi connectivity index (χ3n) is 3.51. The molecule has 1 N–H and O–H groups in total. The van der Waals surface area contributed by atoms with Crippen molar-refractivity contribution in [2.75, 3.05) is 13.7 Å². The quantitative estimate of drug-likeness (QED) is 0.800. The number of halogens is 1. The van der Waals surface area contributed by atoms with Gasteiger partial charge in [-0.3, -0.25) is 4.79 Å². The first-order chi connectivity index (χ1) is 12.1. The Morgan fingerprint density at radius 3 is 2.56 bits per heavy atom. The molecule has 0 aromatic heterocycles. The van der Waals surface area contributed by atoms with Gasteiger partial charge in [0.2, 0.25) is 5.91 Å². The number of nitrogens with one attached hydrogen (secondary N) is 1. The number of nitrogens with zero attached hydrogens (tertiary/aromatic N) is 1. The second-order valence-corrected chi connectivity index (χ2v) is 5.34. The second kappa shape index (κ2) is 9.28. The lowest BCUT2D eigenvalue weighted by Crippen LogP contribution is -2.24. The Morgan fingerprint density at radius 1 is 1.16 bits per heavy atom. The van der Waals surface area contributed by atoms with E-state index in [9.17, 15) is 9.18 Å². The molecule has 0 heterocycles.